The van der Waals surface area contributed by atoms with Crippen molar-refractivity contribution in [3.05, 3.63) is 107 Å². The maximum absolute atomic E-state index is 12.7. The summed E-state index contributed by atoms with van der Waals surface area (Å²) in [6.07, 6.45) is 0.649. The monoisotopic (exact) mass is 497 g/mol. The quantitative estimate of drug-likeness (QED) is 0.265. The molecule has 0 saturated carbocycles. The lowest BCUT2D eigenvalue weighted by molar-refractivity contribution is -0.113. The van der Waals surface area contributed by atoms with Crippen molar-refractivity contribution in [2.75, 3.05) is 11.1 Å². The summed E-state index contributed by atoms with van der Waals surface area (Å²) >= 11 is 2.78. The van der Waals surface area contributed by atoms with Gasteiger partial charge in [0.1, 0.15) is 5.82 Å². The third-order valence-corrected chi connectivity index (χ3v) is 7.04. The van der Waals surface area contributed by atoms with E-state index in [1.54, 1.807) is 0 Å². The Labute approximate surface area is 212 Å². The lowest BCUT2D eigenvalue weighted by Crippen LogP contribution is -2.14. The van der Waals surface area contributed by atoms with Gasteiger partial charge in [0.25, 0.3) is 0 Å². The van der Waals surface area contributed by atoms with Crippen molar-refractivity contribution in [2.45, 2.75) is 18.5 Å². The molecule has 5 aromatic rings. The molecule has 35 heavy (non-hydrogen) atoms. The van der Waals surface area contributed by atoms with E-state index in [4.69, 9.17) is 0 Å². The van der Waals surface area contributed by atoms with Crippen LogP contribution in [0.2, 0.25) is 0 Å². The maximum atomic E-state index is 12.7. The van der Waals surface area contributed by atoms with E-state index in [1.165, 1.54) is 28.7 Å². The Morgan fingerprint density at radius 3 is 2.40 bits per heavy atom. The van der Waals surface area contributed by atoms with Crippen LogP contribution in [-0.2, 0) is 11.2 Å². The van der Waals surface area contributed by atoms with Gasteiger partial charge in [-0.25, -0.2) is 4.98 Å². The maximum Gasteiger partial charge on any atom is 0.236 e. The number of amides is 1. The van der Waals surface area contributed by atoms with E-state index in [9.17, 15) is 4.79 Å². The Hall–Kier alpha value is -3.75. The number of carbonyl (C=O) groups excluding carboxylic acids is 1. The molecule has 1 amide bonds. The smallest absolute Gasteiger partial charge is 0.236 e. The van der Waals surface area contributed by atoms with E-state index < -0.39 is 0 Å². The van der Waals surface area contributed by atoms with Crippen LogP contribution in [0.3, 0.4) is 0 Å². The highest BCUT2D eigenvalue weighted by Gasteiger charge is 2.17. The van der Waals surface area contributed by atoms with E-state index in [0.29, 0.717) is 16.7 Å². The van der Waals surface area contributed by atoms with Gasteiger partial charge in [0, 0.05) is 23.1 Å². The van der Waals surface area contributed by atoms with Crippen LogP contribution in [0, 0.1) is 6.92 Å². The van der Waals surface area contributed by atoms with E-state index in [0.717, 1.165) is 28.3 Å². The summed E-state index contributed by atoms with van der Waals surface area (Å²) in [4.78, 5) is 17.2. The van der Waals surface area contributed by atoms with Crippen LogP contribution < -0.4 is 5.32 Å². The van der Waals surface area contributed by atoms with Gasteiger partial charge in [-0.15, -0.1) is 21.5 Å². The third-order valence-electron chi connectivity index (χ3n) is 5.35. The zero-order valence-electron chi connectivity index (χ0n) is 19.1. The Morgan fingerprint density at radius 2 is 1.66 bits per heavy atom. The molecule has 0 aliphatic heterocycles. The standard InChI is InChI=1S/C27H23N5OS2/c1-19-12-14-22(15-13-19)32-24(16-20-8-4-2-5-9-20)30-31-27(32)35-18-25(33)29-26-28-23(17-34-26)21-10-6-3-7-11-21/h2-15,17H,16,18H2,1H3,(H,28,29,33). The number of anilines is 1. The molecule has 3 aromatic carbocycles. The minimum atomic E-state index is -0.132. The van der Waals surface area contributed by atoms with Gasteiger partial charge >= 0.3 is 0 Å². The number of nitrogens with one attached hydrogen (secondary N) is 1. The van der Waals surface area contributed by atoms with Crippen LogP contribution in [0.1, 0.15) is 17.0 Å². The average Bonchev–Trinajstić information content (AvgIpc) is 3.52. The van der Waals surface area contributed by atoms with Crippen LogP contribution in [-0.4, -0.2) is 31.4 Å². The SMILES string of the molecule is Cc1ccc(-n2c(Cc3ccccc3)nnc2SCC(=O)Nc2nc(-c3ccccc3)cs2)cc1. The number of aryl methyl sites for hydroxylation is 1. The highest BCUT2D eigenvalue weighted by atomic mass is 32.2. The van der Waals surface area contributed by atoms with E-state index in [1.807, 2.05) is 58.5 Å². The van der Waals surface area contributed by atoms with Crippen molar-refractivity contribution in [3.8, 4) is 16.9 Å². The van der Waals surface area contributed by atoms with Gasteiger partial charge < -0.3 is 5.32 Å². The minimum absolute atomic E-state index is 0.132. The third kappa shape index (κ3) is 5.67. The van der Waals surface area contributed by atoms with Crippen molar-refractivity contribution in [1.82, 2.24) is 19.7 Å². The summed E-state index contributed by atoms with van der Waals surface area (Å²) < 4.78 is 2.03. The molecule has 5 rings (SSSR count). The van der Waals surface area contributed by atoms with Gasteiger partial charge in [-0.3, -0.25) is 9.36 Å². The molecule has 0 atom stereocenters. The Balaban J connectivity index is 1.31. The second-order valence-corrected chi connectivity index (χ2v) is 9.77. The number of thioether (sulfide) groups is 1. The molecule has 6 nitrogen and oxygen atoms in total. The van der Waals surface area contributed by atoms with Gasteiger partial charge in [0.15, 0.2) is 10.3 Å². The first-order valence-corrected chi connectivity index (χ1v) is 13.0. The number of hydrogen-bond donors (Lipinski definition) is 1. The van der Waals surface area contributed by atoms with Crippen LogP contribution >= 0.6 is 23.1 Å². The largest absolute Gasteiger partial charge is 0.301 e. The number of benzene rings is 3. The number of rotatable bonds is 8. The predicted octanol–water partition coefficient (Wildman–Crippen LogP) is 6.02. The Kier molecular flexibility index (Phi) is 7.02. The molecule has 8 heteroatoms. The number of aromatic nitrogens is 4. The Morgan fingerprint density at radius 1 is 0.943 bits per heavy atom. The fraction of sp³-hybridized carbons (Fsp3) is 0.111. The first-order chi connectivity index (χ1) is 17.2. The molecule has 0 unspecified atom stereocenters. The summed E-state index contributed by atoms with van der Waals surface area (Å²) in [7, 11) is 0. The fourth-order valence-corrected chi connectivity index (χ4v) is 5.10. The molecule has 0 bridgehead atoms. The normalized spacial score (nSPS) is 10.9. The average molecular weight is 498 g/mol. The van der Waals surface area contributed by atoms with Gasteiger partial charge in [0.05, 0.1) is 11.4 Å². The van der Waals surface area contributed by atoms with E-state index >= 15 is 0 Å². The highest BCUT2D eigenvalue weighted by Crippen LogP contribution is 2.26. The molecule has 0 aliphatic rings. The molecular formula is C27H23N5OS2. The van der Waals surface area contributed by atoms with Crippen LogP contribution in [0.25, 0.3) is 16.9 Å². The van der Waals surface area contributed by atoms with Crippen molar-refractivity contribution >= 4 is 34.1 Å². The molecule has 2 heterocycles. The molecule has 0 aliphatic carbocycles. The zero-order chi connectivity index (χ0) is 24.0. The molecular weight excluding hydrogens is 474 g/mol. The van der Waals surface area contributed by atoms with Crippen LogP contribution in [0.5, 0.6) is 0 Å². The summed E-state index contributed by atoms with van der Waals surface area (Å²) in [5.74, 6) is 0.901. The number of hydrogen-bond acceptors (Lipinski definition) is 6. The number of nitrogens with zero attached hydrogens (tertiary/aromatic N) is 4. The van der Waals surface area contributed by atoms with Crippen molar-refractivity contribution in [2.24, 2.45) is 0 Å². The number of carbonyl (C=O) groups is 1. The van der Waals surface area contributed by atoms with Gasteiger partial charge in [-0.1, -0.05) is 90.1 Å². The van der Waals surface area contributed by atoms with E-state index in [2.05, 4.69) is 63.8 Å². The second-order valence-electron chi connectivity index (χ2n) is 7.97. The van der Waals surface area contributed by atoms with Crippen molar-refractivity contribution in [1.29, 1.82) is 0 Å². The first-order valence-electron chi connectivity index (χ1n) is 11.1. The Bertz CT molecular complexity index is 1410. The zero-order valence-corrected chi connectivity index (χ0v) is 20.7. The lowest BCUT2D eigenvalue weighted by atomic mass is 10.1. The highest BCUT2D eigenvalue weighted by molar-refractivity contribution is 7.99. The molecule has 1 N–H and O–H groups in total. The fourth-order valence-electron chi connectivity index (χ4n) is 3.60. The topological polar surface area (TPSA) is 72.7 Å². The minimum Gasteiger partial charge on any atom is -0.301 e. The van der Waals surface area contributed by atoms with E-state index in [-0.39, 0.29) is 11.7 Å². The first kappa shape index (κ1) is 23.0. The molecule has 0 saturated heterocycles. The van der Waals surface area contributed by atoms with Gasteiger partial charge in [-0.2, -0.15) is 0 Å². The second kappa shape index (κ2) is 10.7. The van der Waals surface area contributed by atoms with Crippen molar-refractivity contribution < 1.29 is 4.79 Å². The van der Waals surface area contributed by atoms with Crippen LogP contribution in [0.4, 0.5) is 5.13 Å². The summed E-state index contributed by atoms with van der Waals surface area (Å²) in [6, 6.07) is 28.3. The summed E-state index contributed by atoms with van der Waals surface area (Å²) in [6.45, 7) is 2.06. The molecule has 0 spiro atoms. The molecule has 0 radical (unpaired) electrons. The molecule has 174 valence electrons. The van der Waals surface area contributed by atoms with Gasteiger partial charge in [-0.05, 0) is 24.6 Å². The molecule has 2 aromatic heterocycles. The molecule has 0 fully saturated rings. The van der Waals surface area contributed by atoms with Gasteiger partial charge in [0.2, 0.25) is 5.91 Å². The predicted molar refractivity (Wildman–Crippen MR) is 142 cm³/mol. The van der Waals surface area contributed by atoms with Crippen molar-refractivity contribution in [3.63, 3.8) is 0 Å². The lowest BCUT2D eigenvalue weighted by Gasteiger charge is -2.11. The summed E-state index contributed by atoms with van der Waals surface area (Å²) in [5, 5.41) is 15.0. The van der Waals surface area contributed by atoms with Crippen LogP contribution in [0.15, 0.2) is 95.5 Å². The summed E-state index contributed by atoms with van der Waals surface area (Å²) in [5.41, 5.74) is 5.18. The number of thiazole rings is 1.